The summed E-state index contributed by atoms with van der Waals surface area (Å²) in [6.45, 7) is 7.96. The maximum Gasteiger partial charge on any atom is 0.333 e. The van der Waals surface area contributed by atoms with E-state index in [2.05, 4.69) is 25.3 Å². The molecule has 0 bridgehead atoms. The predicted molar refractivity (Wildman–Crippen MR) is 123 cm³/mol. The van der Waals surface area contributed by atoms with Crippen molar-refractivity contribution >= 4 is 27.9 Å². The summed E-state index contributed by atoms with van der Waals surface area (Å²) in [6.07, 6.45) is 3.43. The second kappa shape index (κ2) is 7.42. The molecule has 0 saturated carbocycles. The van der Waals surface area contributed by atoms with E-state index in [1.54, 1.807) is 27.7 Å². The molecule has 5 rings (SSSR count). The number of H-pyrrole nitrogens is 1. The number of imidazole rings is 1. The number of rotatable bonds is 4. The molecule has 0 aromatic carbocycles. The van der Waals surface area contributed by atoms with Crippen molar-refractivity contribution < 1.29 is 5.11 Å². The summed E-state index contributed by atoms with van der Waals surface area (Å²) < 4.78 is 3.35. The van der Waals surface area contributed by atoms with E-state index in [0.29, 0.717) is 23.5 Å². The van der Waals surface area contributed by atoms with Crippen LogP contribution in [0.2, 0.25) is 0 Å². The molecule has 3 N–H and O–H groups in total. The Morgan fingerprint density at radius 1 is 1.34 bits per heavy atom. The van der Waals surface area contributed by atoms with Crippen molar-refractivity contribution in [3.8, 4) is 5.82 Å². The Balaban J connectivity index is 1.66. The van der Waals surface area contributed by atoms with Crippen LogP contribution in [0.3, 0.4) is 0 Å². The molecule has 10 nitrogen and oxygen atoms in total. The van der Waals surface area contributed by atoms with Crippen molar-refractivity contribution in [3.05, 3.63) is 41.1 Å². The molecule has 4 aromatic heterocycles. The van der Waals surface area contributed by atoms with Crippen LogP contribution in [-0.4, -0.2) is 65.7 Å². The Hall–Kier alpha value is -3.24. The molecule has 32 heavy (non-hydrogen) atoms. The zero-order valence-corrected chi connectivity index (χ0v) is 18.7. The van der Waals surface area contributed by atoms with Crippen LogP contribution in [0, 0.1) is 5.92 Å². The fourth-order valence-electron chi connectivity index (χ4n) is 4.41. The molecule has 5 heterocycles. The van der Waals surface area contributed by atoms with Gasteiger partial charge in [-0.2, -0.15) is 5.10 Å². The fraction of sp³-hybridized carbons (Fsp3) is 0.455. The lowest BCUT2D eigenvalue weighted by Gasteiger charge is -2.43. The largest absolute Gasteiger partial charge is 0.388 e. The summed E-state index contributed by atoms with van der Waals surface area (Å²) >= 11 is 0. The van der Waals surface area contributed by atoms with E-state index >= 15 is 0 Å². The molecule has 4 aromatic rings. The van der Waals surface area contributed by atoms with Crippen LogP contribution in [0.5, 0.6) is 0 Å². The number of aliphatic hydroxyl groups is 1. The number of hydrogen-bond acceptors (Lipinski definition) is 7. The summed E-state index contributed by atoms with van der Waals surface area (Å²) in [7, 11) is 1.89. The summed E-state index contributed by atoms with van der Waals surface area (Å²) in [5.74, 6) is 1.34. The topological polar surface area (TPSA) is 117 Å². The van der Waals surface area contributed by atoms with Gasteiger partial charge >= 0.3 is 5.69 Å². The number of piperazine rings is 1. The SMILES string of the molecule is CC(C)[C@](C)(O)[C@H]1CN(c2nc(-n3c(=O)[nH]c4ncccc43)cc3cnn(C)c23)CCN1. The van der Waals surface area contributed by atoms with Crippen molar-refractivity contribution in [1.29, 1.82) is 0 Å². The van der Waals surface area contributed by atoms with Crippen molar-refractivity contribution in [3.63, 3.8) is 0 Å². The highest BCUT2D eigenvalue weighted by atomic mass is 16.3. The maximum absolute atomic E-state index is 12.8. The van der Waals surface area contributed by atoms with E-state index in [-0.39, 0.29) is 17.6 Å². The van der Waals surface area contributed by atoms with E-state index in [1.807, 2.05) is 40.0 Å². The van der Waals surface area contributed by atoms with Crippen LogP contribution >= 0.6 is 0 Å². The third-order valence-corrected chi connectivity index (χ3v) is 6.72. The predicted octanol–water partition coefficient (Wildman–Crippen LogP) is 1.18. The number of aromatic nitrogens is 6. The average molecular weight is 437 g/mol. The number of aryl methyl sites for hydroxylation is 1. The molecule has 1 aliphatic rings. The lowest BCUT2D eigenvalue weighted by molar-refractivity contribution is -0.0231. The van der Waals surface area contributed by atoms with Gasteiger partial charge in [0.1, 0.15) is 11.3 Å². The normalized spacial score (nSPS) is 19.2. The number of aromatic amines is 1. The lowest BCUT2D eigenvalue weighted by atomic mass is 9.84. The third kappa shape index (κ3) is 3.18. The molecule has 0 aliphatic carbocycles. The van der Waals surface area contributed by atoms with Crippen molar-refractivity contribution in [2.45, 2.75) is 32.4 Å². The lowest BCUT2D eigenvalue weighted by Crippen LogP contribution is -2.62. The Kier molecular flexibility index (Phi) is 4.79. The molecular formula is C22H28N8O2. The Morgan fingerprint density at radius 2 is 2.16 bits per heavy atom. The quantitative estimate of drug-likeness (QED) is 0.440. The summed E-state index contributed by atoms with van der Waals surface area (Å²) in [5, 5.41) is 19.9. The third-order valence-electron chi connectivity index (χ3n) is 6.72. The molecular weight excluding hydrogens is 408 g/mol. The Bertz CT molecular complexity index is 1350. The highest BCUT2D eigenvalue weighted by Crippen LogP contribution is 2.30. The molecule has 0 amide bonds. The van der Waals surface area contributed by atoms with E-state index in [4.69, 9.17) is 4.98 Å². The number of nitrogens with zero attached hydrogens (tertiary/aromatic N) is 6. The highest BCUT2D eigenvalue weighted by molar-refractivity contribution is 5.91. The van der Waals surface area contributed by atoms with Gasteiger partial charge in [-0.15, -0.1) is 0 Å². The van der Waals surface area contributed by atoms with E-state index in [0.717, 1.165) is 29.8 Å². The van der Waals surface area contributed by atoms with Gasteiger partial charge in [0.15, 0.2) is 11.5 Å². The van der Waals surface area contributed by atoms with Gasteiger partial charge in [-0.25, -0.2) is 19.3 Å². The fourth-order valence-corrected chi connectivity index (χ4v) is 4.41. The first kappa shape index (κ1) is 20.7. The first-order valence-electron chi connectivity index (χ1n) is 10.9. The molecule has 168 valence electrons. The molecule has 0 unspecified atom stereocenters. The molecule has 1 saturated heterocycles. The van der Waals surface area contributed by atoms with E-state index in [9.17, 15) is 9.90 Å². The maximum atomic E-state index is 12.8. The van der Waals surface area contributed by atoms with Gasteiger partial charge in [0.2, 0.25) is 0 Å². The van der Waals surface area contributed by atoms with Gasteiger partial charge in [0.25, 0.3) is 0 Å². The Labute approximate surface area is 184 Å². The first-order valence-corrected chi connectivity index (χ1v) is 10.9. The van der Waals surface area contributed by atoms with Crippen molar-refractivity contribution in [1.82, 2.24) is 34.6 Å². The van der Waals surface area contributed by atoms with Crippen molar-refractivity contribution in [2.24, 2.45) is 13.0 Å². The van der Waals surface area contributed by atoms with E-state index < -0.39 is 5.60 Å². The standard InChI is InChI=1S/C22H28N8O2/c1-13(2)22(3,32)16-12-29(9-8-23-16)20-18-14(11-25-28(18)4)10-17(26-20)30-15-6-5-7-24-19(15)27-21(30)31/h5-7,10-11,13,16,23,32H,8-9,12H2,1-4H3,(H,24,27,31)/t16-,22+/m1/s1. The second-order valence-corrected chi connectivity index (χ2v) is 8.98. The summed E-state index contributed by atoms with van der Waals surface area (Å²) in [5.41, 5.74) is 0.912. The second-order valence-electron chi connectivity index (χ2n) is 8.98. The van der Waals surface area contributed by atoms with Crippen molar-refractivity contribution in [2.75, 3.05) is 24.5 Å². The zero-order chi connectivity index (χ0) is 22.6. The molecule has 1 aliphatic heterocycles. The zero-order valence-electron chi connectivity index (χ0n) is 18.7. The van der Waals surface area contributed by atoms with Gasteiger partial charge in [-0.1, -0.05) is 13.8 Å². The molecule has 1 fully saturated rings. The number of hydrogen-bond donors (Lipinski definition) is 3. The number of pyridine rings is 2. The minimum absolute atomic E-state index is 0.0910. The average Bonchev–Trinajstić information content (AvgIpc) is 3.32. The smallest absolute Gasteiger partial charge is 0.333 e. The number of fused-ring (bicyclic) bond motifs is 2. The highest BCUT2D eigenvalue weighted by Gasteiger charge is 2.38. The van der Waals surface area contributed by atoms with E-state index in [1.165, 1.54) is 0 Å². The van der Waals surface area contributed by atoms with Crippen LogP contribution < -0.4 is 15.9 Å². The monoisotopic (exact) mass is 436 g/mol. The number of nitrogens with one attached hydrogen (secondary N) is 2. The minimum Gasteiger partial charge on any atom is -0.388 e. The summed E-state index contributed by atoms with van der Waals surface area (Å²) in [4.78, 5) is 26.9. The van der Waals surface area contributed by atoms with Crippen LogP contribution in [0.25, 0.3) is 27.9 Å². The van der Waals surface area contributed by atoms with Gasteiger partial charge in [-0.05, 0) is 31.0 Å². The molecule has 0 spiro atoms. The molecule has 0 radical (unpaired) electrons. The first-order chi connectivity index (χ1) is 15.3. The summed E-state index contributed by atoms with van der Waals surface area (Å²) in [6, 6.07) is 5.39. The van der Waals surface area contributed by atoms with Gasteiger partial charge in [0, 0.05) is 38.3 Å². The Morgan fingerprint density at radius 3 is 2.94 bits per heavy atom. The van der Waals surface area contributed by atoms with Crippen LogP contribution in [0.1, 0.15) is 20.8 Å². The molecule has 10 heteroatoms. The van der Waals surface area contributed by atoms with Crippen LogP contribution in [0.15, 0.2) is 35.4 Å². The minimum atomic E-state index is -0.874. The molecule has 2 atom stereocenters. The number of anilines is 1. The van der Waals surface area contributed by atoms with Crippen LogP contribution in [-0.2, 0) is 7.05 Å². The van der Waals surface area contributed by atoms with Gasteiger partial charge in [-0.3, -0.25) is 9.67 Å². The van der Waals surface area contributed by atoms with Gasteiger partial charge < -0.3 is 15.3 Å². The van der Waals surface area contributed by atoms with Crippen LogP contribution in [0.4, 0.5) is 5.82 Å². The van der Waals surface area contributed by atoms with Gasteiger partial charge in [0.05, 0.1) is 23.4 Å².